The summed E-state index contributed by atoms with van der Waals surface area (Å²) in [5, 5.41) is 5.97. The minimum absolute atomic E-state index is 0.0284. The van der Waals surface area contributed by atoms with Crippen LogP contribution in [0.2, 0.25) is 0 Å². The van der Waals surface area contributed by atoms with E-state index in [1.807, 2.05) is 19.2 Å². The van der Waals surface area contributed by atoms with Crippen LogP contribution in [0.3, 0.4) is 0 Å². The first kappa shape index (κ1) is 14.1. The Hall–Kier alpha value is -1.34. The normalized spacial score (nSPS) is 12.0. The van der Waals surface area contributed by atoms with Crippen molar-refractivity contribution in [2.75, 3.05) is 13.1 Å². The van der Waals surface area contributed by atoms with Crippen molar-refractivity contribution in [3.05, 3.63) is 33.7 Å². The lowest BCUT2D eigenvalue weighted by molar-refractivity contribution is 0.964. The standard InChI is InChI=1S/C12H16N4OS2/c1-3-13-11(14-4-2)19-8-9-7-10(17)16-5-6-18-12(16)15-9/h5-7H,3-4,8H2,1-2H3,(H,13,14). The zero-order valence-electron chi connectivity index (χ0n) is 10.9. The van der Waals surface area contributed by atoms with Crippen LogP contribution in [0.25, 0.3) is 4.96 Å². The summed E-state index contributed by atoms with van der Waals surface area (Å²) in [6.07, 6.45) is 1.74. The van der Waals surface area contributed by atoms with Crippen LogP contribution in [0, 0.1) is 0 Å². The van der Waals surface area contributed by atoms with Crippen LogP contribution >= 0.6 is 23.1 Å². The maximum absolute atomic E-state index is 11.8. The third-order valence-corrected chi connectivity index (χ3v) is 4.09. The summed E-state index contributed by atoms with van der Waals surface area (Å²) < 4.78 is 1.56. The number of hydrogen-bond donors (Lipinski definition) is 1. The van der Waals surface area contributed by atoms with Gasteiger partial charge in [0.05, 0.1) is 5.69 Å². The fraction of sp³-hybridized carbons (Fsp3) is 0.417. The molecule has 0 spiro atoms. The first-order valence-electron chi connectivity index (χ1n) is 6.11. The molecule has 0 unspecified atom stereocenters. The molecule has 7 heteroatoms. The highest BCUT2D eigenvalue weighted by atomic mass is 32.2. The van der Waals surface area contributed by atoms with Crippen LogP contribution < -0.4 is 10.9 Å². The van der Waals surface area contributed by atoms with E-state index in [0.717, 1.165) is 28.9 Å². The Morgan fingerprint density at radius 1 is 1.58 bits per heavy atom. The molecule has 19 heavy (non-hydrogen) atoms. The molecule has 0 aromatic carbocycles. The van der Waals surface area contributed by atoms with Gasteiger partial charge < -0.3 is 5.32 Å². The Kier molecular flexibility index (Phi) is 4.98. The van der Waals surface area contributed by atoms with Gasteiger partial charge in [0.25, 0.3) is 5.56 Å². The van der Waals surface area contributed by atoms with E-state index in [9.17, 15) is 4.79 Å². The van der Waals surface area contributed by atoms with Crippen LogP contribution in [-0.4, -0.2) is 27.6 Å². The summed E-state index contributed by atoms with van der Waals surface area (Å²) in [6.45, 7) is 5.62. The Balaban J connectivity index is 2.12. The molecule has 0 bridgehead atoms. The Labute approximate surface area is 119 Å². The van der Waals surface area contributed by atoms with Gasteiger partial charge in [-0.1, -0.05) is 11.8 Å². The molecule has 0 saturated heterocycles. The molecule has 2 rings (SSSR count). The molecule has 1 N–H and O–H groups in total. The van der Waals surface area contributed by atoms with Gasteiger partial charge in [0.1, 0.15) is 0 Å². The van der Waals surface area contributed by atoms with Gasteiger partial charge in [0, 0.05) is 36.5 Å². The van der Waals surface area contributed by atoms with Crippen molar-refractivity contribution in [1.29, 1.82) is 0 Å². The number of nitrogens with zero attached hydrogens (tertiary/aromatic N) is 3. The Morgan fingerprint density at radius 2 is 2.42 bits per heavy atom. The van der Waals surface area contributed by atoms with Crippen molar-refractivity contribution in [3.63, 3.8) is 0 Å². The molecule has 0 radical (unpaired) electrons. The maximum Gasteiger partial charge on any atom is 0.258 e. The predicted octanol–water partition coefficient (Wildman–Crippen LogP) is 1.97. The van der Waals surface area contributed by atoms with Gasteiger partial charge >= 0.3 is 0 Å². The van der Waals surface area contributed by atoms with E-state index in [0.29, 0.717) is 5.75 Å². The van der Waals surface area contributed by atoms with E-state index >= 15 is 0 Å². The fourth-order valence-corrected chi connectivity index (χ4v) is 3.19. The smallest absolute Gasteiger partial charge is 0.258 e. The molecule has 2 heterocycles. The largest absolute Gasteiger partial charge is 0.365 e. The monoisotopic (exact) mass is 296 g/mol. The van der Waals surface area contributed by atoms with Gasteiger partial charge in [-0.15, -0.1) is 11.3 Å². The van der Waals surface area contributed by atoms with E-state index in [4.69, 9.17) is 0 Å². The first-order valence-corrected chi connectivity index (χ1v) is 7.98. The Morgan fingerprint density at radius 3 is 3.16 bits per heavy atom. The fourth-order valence-electron chi connectivity index (χ4n) is 1.55. The van der Waals surface area contributed by atoms with Gasteiger partial charge in [-0.05, 0) is 13.8 Å². The average Bonchev–Trinajstić information content (AvgIpc) is 2.85. The molecule has 0 aliphatic heterocycles. The molecular weight excluding hydrogens is 280 g/mol. The van der Waals surface area contributed by atoms with Crippen molar-refractivity contribution in [2.45, 2.75) is 19.6 Å². The van der Waals surface area contributed by atoms with E-state index in [1.165, 1.54) is 11.3 Å². The van der Waals surface area contributed by atoms with Gasteiger partial charge in [0.15, 0.2) is 10.1 Å². The zero-order chi connectivity index (χ0) is 13.7. The second kappa shape index (κ2) is 6.72. The van der Waals surface area contributed by atoms with Gasteiger partial charge in [-0.2, -0.15) is 0 Å². The Bertz CT molecular complexity index is 632. The lowest BCUT2D eigenvalue weighted by Crippen LogP contribution is -2.20. The number of aromatic nitrogens is 2. The number of amidine groups is 1. The molecular formula is C12H16N4OS2. The molecule has 0 amide bonds. The van der Waals surface area contributed by atoms with E-state index in [1.54, 1.807) is 28.4 Å². The van der Waals surface area contributed by atoms with Crippen LogP contribution in [0.4, 0.5) is 0 Å². The summed E-state index contributed by atoms with van der Waals surface area (Å²) in [4.78, 5) is 21.4. The van der Waals surface area contributed by atoms with Crippen molar-refractivity contribution in [3.8, 4) is 0 Å². The maximum atomic E-state index is 11.8. The quantitative estimate of drug-likeness (QED) is 0.692. The highest BCUT2D eigenvalue weighted by Crippen LogP contribution is 2.13. The van der Waals surface area contributed by atoms with Crippen molar-refractivity contribution in [1.82, 2.24) is 14.7 Å². The summed E-state index contributed by atoms with van der Waals surface area (Å²) in [5.41, 5.74) is 0.762. The third-order valence-electron chi connectivity index (χ3n) is 2.34. The molecule has 2 aromatic rings. The van der Waals surface area contributed by atoms with E-state index < -0.39 is 0 Å². The van der Waals surface area contributed by atoms with Crippen molar-refractivity contribution < 1.29 is 0 Å². The van der Waals surface area contributed by atoms with Crippen LogP contribution in [-0.2, 0) is 5.75 Å². The van der Waals surface area contributed by atoms with E-state index in [2.05, 4.69) is 15.3 Å². The number of thiazole rings is 1. The lowest BCUT2D eigenvalue weighted by atomic mass is 10.4. The summed E-state index contributed by atoms with van der Waals surface area (Å²) in [7, 11) is 0. The second-order valence-corrected chi connectivity index (χ2v) is 5.58. The van der Waals surface area contributed by atoms with Crippen LogP contribution in [0.15, 0.2) is 27.4 Å². The first-order chi connectivity index (χ1) is 9.24. The number of nitrogens with one attached hydrogen (secondary N) is 1. The number of rotatable bonds is 4. The number of thioether (sulfide) groups is 1. The molecule has 5 nitrogen and oxygen atoms in total. The molecule has 0 atom stereocenters. The van der Waals surface area contributed by atoms with Gasteiger partial charge in [-0.3, -0.25) is 14.2 Å². The number of hydrogen-bond acceptors (Lipinski definition) is 5. The molecule has 0 saturated carbocycles. The zero-order valence-corrected chi connectivity index (χ0v) is 12.6. The van der Waals surface area contributed by atoms with Crippen molar-refractivity contribution in [2.24, 2.45) is 4.99 Å². The average molecular weight is 296 g/mol. The topological polar surface area (TPSA) is 58.8 Å². The highest BCUT2D eigenvalue weighted by molar-refractivity contribution is 8.13. The summed E-state index contributed by atoms with van der Waals surface area (Å²) in [5.74, 6) is 0.648. The molecule has 2 aromatic heterocycles. The molecule has 102 valence electrons. The van der Waals surface area contributed by atoms with Crippen LogP contribution in [0.1, 0.15) is 19.5 Å². The number of aliphatic imine (C=N–C) groups is 1. The van der Waals surface area contributed by atoms with Gasteiger partial charge in [0.2, 0.25) is 0 Å². The summed E-state index contributed by atoms with van der Waals surface area (Å²) in [6, 6.07) is 1.59. The highest BCUT2D eigenvalue weighted by Gasteiger charge is 2.05. The van der Waals surface area contributed by atoms with E-state index in [-0.39, 0.29) is 5.56 Å². The minimum Gasteiger partial charge on any atom is -0.365 e. The molecule has 0 aliphatic rings. The summed E-state index contributed by atoms with van der Waals surface area (Å²) >= 11 is 3.04. The SMILES string of the molecule is CCN=C(NCC)SCc1cc(=O)n2ccsc2n1. The van der Waals surface area contributed by atoms with Gasteiger partial charge in [-0.25, -0.2) is 4.98 Å². The minimum atomic E-state index is -0.0284. The second-order valence-electron chi connectivity index (χ2n) is 3.74. The van der Waals surface area contributed by atoms with Crippen molar-refractivity contribution >= 4 is 33.2 Å². The molecule has 0 aliphatic carbocycles. The molecule has 0 fully saturated rings. The predicted molar refractivity (Wildman–Crippen MR) is 82.3 cm³/mol. The third kappa shape index (κ3) is 3.57. The number of fused-ring (bicyclic) bond motifs is 1. The lowest BCUT2D eigenvalue weighted by Gasteiger charge is -2.06. The van der Waals surface area contributed by atoms with Crippen LogP contribution in [0.5, 0.6) is 0 Å².